The Balaban J connectivity index is 1.68. The Bertz CT molecular complexity index is 835. The molecule has 0 N–H and O–H groups in total. The van der Waals surface area contributed by atoms with E-state index in [1.54, 1.807) is 19.1 Å². The summed E-state index contributed by atoms with van der Waals surface area (Å²) in [5.74, 6) is 0.0290. The summed E-state index contributed by atoms with van der Waals surface area (Å²) in [6.45, 7) is 9.25. The van der Waals surface area contributed by atoms with Crippen LogP contribution >= 0.6 is 0 Å². The lowest BCUT2D eigenvalue weighted by Gasteiger charge is -2.25. The number of carbonyl (C=O) groups is 1. The van der Waals surface area contributed by atoms with E-state index in [1.807, 2.05) is 16.9 Å². The highest BCUT2D eigenvalue weighted by atomic mass is 16.1. The number of carbonyl (C=O) groups excluding carboxylic acids is 1. The van der Waals surface area contributed by atoms with Crippen molar-refractivity contribution in [3.63, 3.8) is 0 Å². The van der Waals surface area contributed by atoms with Crippen LogP contribution in [0, 0.1) is 11.3 Å². The minimum absolute atomic E-state index is 0.0290. The number of nitrogens with zero attached hydrogens (tertiary/aromatic N) is 5. The predicted molar refractivity (Wildman–Crippen MR) is 106 cm³/mol. The van der Waals surface area contributed by atoms with Crippen LogP contribution in [0.3, 0.4) is 0 Å². The zero-order valence-electron chi connectivity index (χ0n) is 16.2. The van der Waals surface area contributed by atoms with E-state index in [4.69, 9.17) is 0 Å². The molecular weight excluding hydrogens is 338 g/mol. The van der Waals surface area contributed by atoms with Gasteiger partial charge in [-0.1, -0.05) is 6.92 Å². The van der Waals surface area contributed by atoms with Gasteiger partial charge in [0.1, 0.15) is 6.07 Å². The van der Waals surface area contributed by atoms with E-state index in [2.05, 4.69) is 34.1 Å². The van der Waals surface area contributed by atoms with Crippen LogP contribution in [0.1, 0.15) is 48.2 Å². The van der Waals surface area contributed by atoms with Gasteiger partial charge in [0.2, 0.25) is 0 Å². The lowest BCUT2D eigenvalue weighted by atomic mass is 10.1. The van der Waals surface area contributed by atoms with Gasteiger partial charge in [-0.3, -0.25) is 14.4 Å². The summed E-state index contributed by atoms with van der Waals surface area (Å²) >= 11 is 0. The van der Waals surface area contributed by atoms with E-state index in [0.29, 0.717) is 11.1 Å². The van der Waals surface area contributed by atoms with Gasteiger partial charge in [-0.25, -0.2) is 0 Å². The van der Waals surface area contributed by atoms with Crippen molar-refractivity contribution in [2.75, 3.05) is 31.1 Å². The SMILES string of the molecule is CCCn1cc(CN2CCCN(c3cc(C(C)=O)ccc3C#N)CC2)cn1. The van der Waals surface area contributed by atoms with Crippen molar-refractivity contribution in [3.8, 4) is 6.07 Å². The van der Waals surface area contributed by atoms with Crippen molar-refractivity contribution in [1.29, 1.82) is 5.26 Å². The van der Waals surface area contributed by atoms with E-state index in [1.165, 1.54) is 5.56 Å². The molecular formula is C21H27N5O. The molecule has 0 aliphatic carbocycles. The van der Waals surface area contributed by atoms with Crippen LogP contribution in [-0.2, 0) is 13.1 Å². The van der Waals surface area contributed by atoms with Crippen LogP contribution in [-0.4, -0.2) is 46.6 Å². The van der Waals surface area contributed by atoms with Gasteiger partial charge in [0, 0.05) is 56.6 Å². The van der Waals surface area contributed by atoms with Crippen molar-refractivity contribution in [2.24, 2.45) is 0 Å². The van der Waals surface area contributed by atoms with Crippen molar-refractivity contribution < 1.29 is 4.79 Å². The Hall–Kier alpha value is -2.65. The first-order valence-corrected chi connectivity index (χ1v) is 9.64. The minimum atomic E-state index is 0.0290. The molecule has 1 aliphatic rings. The average Bonchev–Trinajstić information content (AvgIpc) is 2.97. The maximum absolute atomic E-state index is 11.7. The number of hydrogen-bond acceptors (Lipinski definition) is 5. The van der Waals surface area contributed by atoms with Crippen molar-refractivity contribution in [3.05, 3.63) is 47.3 Å². The fourth-order valence-corrected chi connectivity index (χ4v) is 3.57. The highest BCUT2D eigenvalue weighted by Crippen LogP contribution is 2.24. The minimum Gasteiger partial charge on any atom is -0.369 e. The summed E-state index contributed by atoms with van der Waals surface area (Å²) in [6.07, 6.45) is 6.21. The Kier molecular flexibility index (Phi) is 6.25. The quantitative estimate of drug-likeness (QED) is 0.736. The van der Waals surface area contributed by atoms with Crippen LogP contribution in [0.25, 0.3) is 0 Å². The topological polar surface area (TPSA) is 65.2 Å². The third-order valence-electron chi connectivity index (χ3n) is 5.00. The Morgan fingerprint density at radius 3 is 2.85 bits per heavy atom. The molecule has 0 unspecified atom stereocenters. The molecule has 27 heavy (non-hydrogen) atoms. The smallest absolute Gasteiger partial charge is 0.159 e. The Morgan fingerprint density at radius 2 is 2.11 bits per heavy atom. The second kappa shape index (κ2) is 8.83. The average molecular weight is 365 g/mol. The van der Waals surface area contributed by atoms with Gasteiger partial charge >= 0.3 is 0 Å². The molecule has 2 aromatic rings. The molecule has 142 valence electrons. The zero-order valence-corrected chi connectivity index (χ0v) is 16.2. The van der Waals surface area contributed by atoms with Gasteiger partial charge in [-0.05, 0) is 38.0 Å². The third-order valence-corrected chi connectivity index (χ3v) is 5.00. The van der Waals surface area contributed by atoms with Gasteiger partial charge in [0.25, 0.3) is 0 Å². The molecule has 1 fully saturated rings. The summed E-state index contributed by atoms with van der Waals surface area (Å²) in [6, 6.07) is 7.63. The molecule has 0 saturated carbocycles. The van der Waals surface area contributed by atoms with Gasteiger partial charge in [-0.15, -0.1) is 0 Å². The van der Waals surface area contributed by atoms with Crippen LogP contribution in [0.5, 0.6) is 0 Å². The number of aryl methyl sites for hydroxylation is 1. The molecule has 0 atom stereocenters. The van der Waals surface area contributed by atoms with E-state index in [-0.39, 0.29) is 5.78 Å². The molecule has 1 aliphatic heterocycles. The van der Waals surface area contributed by atoms with Crippen molar-refractivity contribution >= 4 is 11.5 Å². The second-order valence-corrected chi connectivity index (χ2v) is 7.13. The maximum atomic E-state index is 11.7. The largest absolute Gasteiger partial charge is 0.369 e. The number of aromatic nitrogens is 2. The predicted octanol–water partition coefficient (Wildman–Crippen LogP) is 3.08. The van der Waals surface area contributed by atoms with E-state index in [9.17, 15) is 10.1 Å². The van der Waals surface area contributed by atoms with Crippen LogP contribution in [0.2, 0.25) is 0 Å². The Labute approximate surface area is 161 Å². The molecule has 3 rings (SSSR count). The number of benzene rings is 1. The van der Waals surface area contributed by atoms with Gasteiger partial charge in [0.05, 0.1) is 17.4 Å². The molecule has 2 heterocycles. The maximum Gasteiger partial charge on any atom is 0.159 e. The first kappa shape index (κ1) is 19.1. The molecule has 1 aromatic carbocycles. The monoisotopic (exact) mass is 365 g/mol. The van der Waals surface area contributed by atoms with Crippen molar-refractivity contribution in [1.82, 2.24) is 14.7 Å². The fraction of sp³-hybridized carbons (Fsp3) is 0.476. The number of hydrogen-bond donors (Lipinski definition) is 0. The highest BCUT2D eigenvalue weighted by Gasteiger charge is 2.19. The zero-order chi connectivity index (χ0) is 19.2. The molecule has 0 amide bonds. The number of nitriles is 1. The number of ketones is 1. The summed E-state index contributed by atoms with van der Waals surface area (Å²) in [4.78, 5) is 16.4. The summed E-state index contributed by atoms with van der Waals surface area (Å²) in [7, 11) is 0. The molecule has 6 heteroatoms. The number of anilines is 1. The molecule has 1 aromatic heterocycles. The van der Waals surface area contributed by atoms with Crippen molar-refractivity contribution in [2.45, 2.75) is 39.8 Å². The molecule has 0 radical (unpaired) electrons. The number of rotatable bonds is 6. The number of Topliss-reactive ketones (excluding diaryl/α,β-unsaturated/α-hetero) is 1. The second-order valence-electron chi connectivity index (χ2n) is 7.13. The highest BCUT2D eigenvalue weighted by molar-refractivity contribution is 5.95. The lowest BCUT2D eigenvalue weighted by Crippen LogP contribution is -2.31. The Morgan fingerprint density at radius 1 is 1.26 bits per heavy atom. The first-order chi connectivity index (χ1) is 13.1. The van der Waals surface area contributed by atoms with Gasteiger partial charge in [0.15, 0.2) is 5.78 Å². The first-order valence-electron chi connectivity index (χ1n) is 9.64. The van der Waals surface area contributed by atoms with E-state index < -0.39 is 0 Å². The summed E-state index contributed by atoms with van der Waals surface area (Å²) in [5, 5.41) is 13.9. The fourth-order valence-electron chi connectivity index (χ4n) is 3.57. The molecule has 0 spiro atoms. The van der Waals surface area contributed by atoms with E-state index >= 15 is 0 Å². The third kappa shape index (κ3) is 4.75. The lowest BCUT2D eigenvalue weighted by molar-refractivity contribution is 0.101. The summed E-state index contributed by atoms with van der Waals surface area (Å²) < 4.78 is 2.01. The molecule has 6 nitrogen and oxygen atoms in total. The van der Waals surface area contributed by atoms with Crippen LogP contribution < -0.4 is 4.90 Å². The molecule has 1 saturated heterocycles. The van der Waals surface area contributed by atoms with Gasteiger partial charge < -0.3 is 4.90 Å². The summed E-state index contributed by atoms with van der Waals surface area (Å²) in [5.41, 5.74) is 3.42. The standard InChI is InChI=1S/C21H27N5O/c1-3-7-26-16-18(14-23-26)15-24-8-4-9-25(11-10-24)21-12-19(17(2)27)5-6-20(21)13-22/h5-6,12,14,16H,3-4,7-11,15H2,1-2H3. The van der Waals surface area contributed by atoms with E-state index in [0.717, 1.165) is 57.8 Å². The van der Waals surface area contributed by atoms with Crippen LogP contribution in [0.4, 0.5) is 5.69 Å². The van der Waals surface area contributed by atoms with Gasteiger partial charge in [-0.2, -0.15) is 10.4 Å². The van der Waals surface area contributed by atoms with Crippen LogP contribution in [0.15, 0.2) is 30.6 Å². The molecule has 0 bridgehead atoms. The normalized spacial score (nSPS) is 15.4.